The number of rotatable bonds is 3. The molecule has 0 aliphatic heterocycles. The summed E-state index contributed by atoms with van der Waals surface area (Å²) in [5.41, 5.74) is 2.54. The smallest absolute Gasteiger partial charge is 0.0416 e. The summed E-state index contributed by atoms with van der Waals surface area (Å²) in [4.78, 5) is 4.42. The van der Waals surface area contributed by atoms with Crippen LogP contribution in [0.25, 0.3) is 0 Å². The summed E-state index contributed by atoms with van der Waals surface area (Å²) in [6, 6.07) is 2.20. The van der Waals surface area contributed by atoms with Crippen molar-refractivity contribution in [3.05, 3.63) is 28.0 Å². The molecule has 14 heavy (non-hydrogen) atoms. The molecule has 0 saturated heterocycles. The van der Waals surface area contributed by atoms with Gasteiger partial charge < -0.3 is 0 Å². The second kappa shape index (κ2) is 4.43. The third-order valence-electron chi connectivity index (χ3n) is 3.14. The van der Waals surface area contributed by atoms with Crippen LogP contribution >= 0.6 is 15.9 Å². The Kier molecular flexibility index (Phi) is 3.22. The summed E-state index contributed by atoms with van der Waals surface area (Å²) in [6.45, 7) is 2.12. The Labute approximate surface area is 94.1 Å². The first kappa shape index (κ1) is 10.2. The van der Waals surface area contributed by atoms with Gasteiger partial charge in [-0.15, -0.1) is 0 Å². The minimum Gasteiger partial charge on any atom is -0.260 e. The zero-order valence-corrected chi connectivity index (χ0v) is 10.2. The highest BCUT2D eigenvalue weighted by molar-refractivity contribution is 9.10. The molecule has 1 aliphatic carbocycles. The molecule has 1 saturated carbocycles. The number of hydrogen-bond acceptors (Lipinski definition) is 1. The third-order valence-corrected chi connectivity index (χ3v) is 3.97. The summed E-state index contributed by atoms with van der Waals surface area (Å²) in [5, 5.41) is 0. The zero-order valence-electron chi connectivity index (χ0n) is 8.59. The first-order valence-electron chi connectivity index (χ1n) is 5.37. The topological polar surface area (TPSA) is 12.9 Å². The van der Waals surface area contributed by atoms with Crippen molar-refractivity contribution in [1.82, 2.24) is 4.98 Å². The van der Waals surface area contributed by atoms with Gasteiger partial charge in [0.25, 0.3) is 0 Å². The summed E-state index contributed by atoms with van der Waals surface area (Å²) < 4.78 is 1.12. The van der Waals surface area contributed by atoms with Gasteiger partial charge in [0, 0.05) is 16.4 Å². The summed E-state index contributed by atoms with van der Waals surface area (Å²) in [6.07, 6.45) is 8.72. The number of aromatic nitrogens is 1. The molecule has 1 aliphatic rings. The highest BCUT2D eigenvalue weighted by atomic mass is 79.9. The number of halogens is 1. The van der Waals surface area contributed by atoms with Gasteiger partial charge in [-0.3, -0.25) is 4.98 Å². The molecule has 1 heterocycles. The number of hydrogen-bond donors (Lipinski definition) is 0. The zero-order chi connectivity index (χ0) is 9.97. The molecule has 0 spiro atoms. The average molecular weight is 254 g/mol. The maximum atomic E-state index is 4.42. The highest BCUT2D eigenvalue weighted by Gasteiger charge is 2.16. The fourth-order valence-corrected chi connectivity index (χ4v) is 2.08. The van der Waals surface area contributed by atoms with Gasteiger partial charge in [0.05, 0.1) is 0 Å². The standard InChI is InChI=1S/C12H16BrN/c1-9-7-11(14-8-12(9)13)6-5-10-3-2-4-10/h7-8,10H,2-6H2,1H3. The summed E-state index contributed by atoms with van der Waals surface area (Å²) >= 11 is 3.47. The van der Waals surface area contributed by atoms with Crippen molar-refractivity contribution in [2.45, 2.75) is 39.0 Å². The fourth-order valence-electron chi connectivity index (χ4n) is 1.87. The number of aryl methyl sites for hydroxylation is 2. The van der Waals surface area contributed by atoms with Crippen LogP contribution in [0.5, 0.6) is 0 Å². The number of nitrogens with zero attached hydrogens (tertiary/aromatic N) is 1. The third kappa shape index (κ3) is 2.35. The molecule has 0 bridgehead atoms. The van der Waals surface area contributed by atoms with Crippen molar-refractivity contribution in [3.63, 3.8) is 0 Å². The maximum Gasteiger partial charge on any atom is 0.0416 e. The Balaban J connectivity index is 1.91. The van der Waals surface area contributed by atoms with Crippen molar-refractivity contribution >= 4 is 15.9 Å². The minimum absolute atomic E-state index is 0.987. The average Bonchev–Trinajstić information content (AvgIpc) is 2.08. The lowest BCUT2D eigenvalue weighted by Crippen LogP contribution is -2.11. The molecule has 76 valence electrons. The van der Waals surface area contributed by atoms with E-state index in [1.807, 2.05) is 6.20 Å². The van der Waals surface area contributed by atoms with Gasteiger partial charge in [-0.1, -0.05) is 19.3 Å². The van der Waals surface area contributed by atoms with Crippen LogP contribution < -0.4 is 0 Å². The Morgan fingerprint density at radius 2 is 2.29 bits per heavy atom. The van der Waals surface area contributed by atoms with Crippen molar-refractivity contribution in [2.24, 2.45) is 5.92 Å². The van der Waals surface area contributed by atoms with Crippen LogP contribution in [0.2, 0.25) is 0 Å². The van der Waals surface area contributed by atoms with Crippen molar-refractivity contribution in [1.29, 1.82) is 0 Å². The molecule has 2 heteroatoms. The predicted molar refractivity (Wildman–Crippen MR) is 62.3 cm³/mol. The van der Waals surface area contributed by atoms with Gasteiger partial charge in [0.15, 0.2) is 0 Å². The summed E-state index contributed by atoms with van der Waals surface area (Å²) in [5.74, 6) is 0.987. The Bertz CT molecular complexity index is 318. The molecular formula is C12H16BrN. The van der Waals surface area contributed by atoms with Crippen molar-refractivity contribution in [2.75, 3.05) is 0 Å². The molecule has 0 atom stereocenters. The maximum absolute atomic E-state index is 4.42. The molecule has 1 aromatic rings. The molecule has 0 N–H and O–H groups in total. The van der Waals surface area contributed by atoms with Gasteiger partial charge in [0.1, 0.15) is 0 Å². The molecule has 0 radical (unpaired) electrons. The van der Waals surface area contributed by atoms with Crippen LogP contribution in [0.3, 0.4) is 0 Å². The Morgan fingerprint density at radius 1 is 1.50 bits per heavy atom. The molecule has 1 nitrogen and oxygen atoms in total. The van der Waals surface area contributed by atoms with Crippen LogP contribution in [0.15, 0.2) is 16.7 Å². The van der Waals surface area contributed by atoms with Crippen molar-refractivity contribution < 1.29 is 0 Å². The van der Waals surface area contributed by atoms with Crippen LogP contribution in [0.1, 0.15) is 36.9 Å². The Hall–Kier alpha value is -0.370. The second-order valence-corrected chi connectivity index (χ2v) is 5.11. The Morgan fingerprint density at radius 3 is 2.86 bits per heavy atom. The molecule has 1 aromatic heterocycles. The van der Waals surface area contributed by atoms with Crippen molar-refractivity contribution in [3.8, 4) is 0 Å². The van der Waals surface area contributed by atoms with Crippen LogP contribution in [-0.4, -0.2) is 4.98 Å². The second-order valence-electron chi connectivity index (χ2n) is 4.26. The van der Waals surface area contributed by atoms with E-state index in [-0.39, 0.29) is 0 Å². The molecule has 1 fully saturated rings. The van der Waals surface area contributed by atoms with Crippen LogP contribution in [0, 0.1) is 12.8 Å². The van der Waals surface area contributed by atoms with E-state index >= 15 is 0 Å². The first-order valence-corrected chi connectivity index (χ1v) is 6.16. The van der Waals surface area contributed by atoms with Crippen LogP contribution in [0.4, 0.5) is 0 Å². The van der Waals surface area contributed by atoms with Gasteiger partial charge in [0.2, 0.25) is 0 Å². The van der Waals surface area contributed by atoms with Gasteiger partial charge in [-0.05, 0) is 53.2 Å². The fraction of sp³-hybridized carbons (Fsp3) is 0.583. The molecule has 0 amide bonds. The lowest BCUT2D eigenvalue weighted by molar-refractivity contribution is 0.295. The van der Waals surface area contributed by atoms with E-state index in [9.17, 15) is 0 Å². The van der Waals surface area contributed by atoms with Gasteiger partial charge in [-0.25, -0.2) is 0 Å². The van der Waals surface area contributed by atoms with E-state index in [1.54, 1.807) is 0 Å². The lowest BCUT2D eigenvalue weighted by atomic mass is 9.82. The summed E-state index contributed by atoms with van der Waals surface area (Å²) in [7, 11) is 0. The number of pyridine rings is 1. The quantitative estimate of drug-likeness (QED) is 0.797. The largest absolute Gasteiger partial charge is 0.260 e. The molecular weight excluding hydrogens is 238 g/mol. The van der Waals surface area contributed by atoms with Gasteiger partial charge in [-0.2, -0.15) is 0 Å². The van der Waals surface area contributed by atoms with E-state index in [0.717, 1.165) is 16.8 Å². The predicted octanol–water partition coefficient (Wildman–Crippen LogP) is 3.89. The first-order chi connectivity index (χ1) is 6.75. The van der Waals surface area contributed by atoms with E-state index in [4.69, 9.17) is 0 Å². The van der Waals surface area contributed by atoms with E-state index in [1.165, 1.54) is 36.9 Å². The SMILES string of the molecule is Cc1cc(CCC2CCC2)ncc1Br. The van der Waals surface area contributed by atoms with E-state index in [2.05, 4.69) is 33.9 Å². The monoisotopic (exact) mass is 253 g/mol. The lowest BCUT2D eigenvalue weighted by Gasteiger charge is -2.24. The van der Waals surface area contributed by atoms with E-state index in [0.29, 0.717) is 0 Å². The van der Waals surface area contributed by atoms with Gasteiger partial charge >= 0.3 is 0 Å². The highest BCUT2D eigenvalue weighted by Crippen LogP contribution is 2.30. The molecule has 0 unspecified atom stereocenters. The minimum atomic E-state index is 0.987. The van der Waals surface area contributed by atoms with Crippen LogP contribution in [-0.2, 0) is 6.42 Å². The van der Waals surface area contributed by atoms with E-state index < -0.39 is 0 Å². The molecule has 2 rings (SSSR count). The normalized spacial score (nSPS) is 16.7. The molecule has 0 aromatic carbocycles.